The highest BCUT2D eigenvalue weighted by atomic mass is 16.7. The maximum absolute atomic E-state index is 5.68. The van der Waals surface area contributed by atoms with E-state index in [-0.39, 0.29) is 0 Å². The standard InChI is InChI=1S/C16H35NO4/c1-7-18-15(5,19-8-2)11-13-17-14-12-16(6,20-9-3)21-10-4/h17H,7-14H2,1-6H3. The van der Waals surface area contributed by atoms with E-state index in [2.05, 4.69) is 5.32 Å². The summed E-state index contributed by atoms with van der Waals surface area (Å²) >= 11 is 0. The molecule has 0 atom stereocenters. The fourth-order valence-corrected chi connectivity index (χ4v) is 2.35. The van der Waals surface area contributed by atoms with Crippen molar-refractivity contribution >= 4 is 0 Å². The first-order chi connectivity index (χ1) is 9.95. The SMILES string of the molecule is CCOC(C)(CCNCCC(C)(OCC)OCC)OCC. The van der Waals surface area contributed by atoms with Crippen molar-refractivity contribution in [1.29, 1.82) is 0 Å². The van der Waals surface area contributed by atoms with Gasteiger partial charge in [-0.25, -0.2) is 0 Å². The predicted molar refractivity (Wildman–Crippen MR) is 85.4 cm³/mol. The monoisotopic (exact) mass is 305 g/mol. The van der Waals surface area contributed by atoms with Crippen molar-refractivity contribution < 1.29 is 18.9 Å². The minimum absolute atomic E-state index is 0.500. The van der Waals surface area contributed by atoms with Crippen LogP contribution >= 0.6 is 0 Å². The third-order valence-electron chi connectivity index (χ3n) is 3.31. The molecule has 0 rings (SSSR count). The van der Waals surface area contributed by atoms with E-state index in [1.54, 1.807) is 0 Å². The lowest BCUT2D eigenvalue weighted by Crippen LogP contribution is -2.39. The molecule has 0 aromatic carbocycles. The second kappa shape index (κ2) is 11.4. The molecule has 0 aromatic rings. The second-order valence-electron chi connectivity index (χ2n) is 5.25. The molecular weight excluding hydrogens is 270 g/mol. The summed E-state index contributed by atoms with van der Waals surface area (Å²) in [7, 11) is 0. The summed E-state index contributed by atoms with van der Waals surface area (Å²) in [6, 6.07) is 0. The van der Waals surface area contributed by atoms with Crippen LogP contribution in [0.2, 0.25) is 0 Å². The van der Waals surface area contributed by atoms with Gasteiger partial charge in [0.15, 0.2) is 11.6 Å². The summed E-state index contributed by atoms with van der Waals surface area (Å²) in [5, 5.41) is 3.41. The lowest BCUT2D eigenvalue weighted by Gasteiger charge is -2.31. The van der Waals surface area contributed by atoms with Gasteiger partial charge in [-0.2, -0.15) is 0 Å². The average molecular weight is 305 g/mol. The van der Waals surface area contributed by atoms with Gasteiger partial charge in [0.05, 0.1) is 0 Å². The molecular formula is C16H35NO4. The molecule has 5 heteroatoms. The van der Waals surface area contributed by atoms with Crippen LogP contribution < -0.4 is 5.32 Å². The van der Waals surface area contributed by atoms with E-state index < -0.39 is 11.6 Å². The Bertz CT molecular complexity index is 212. The lowest BCUT2D eigenvalue weighted by molar-refractivity contribution is -0.226. The maximum atomic E-state index is 5.68. The van der Waals surface area contributed by atoms with Crippen LogP contribution in [0.15, 0.2) is 0 Å². The number of rotatable bonds is 14. The van der Waals surface area contributed by atoms with E-state index in [1.807, 2.05) is 41.5 Å². The van der Waals surface area contributed by atoms with Crippen molar-refractivity contribution in [2.45, 2.75) is 66.0 Å². The van der Waals surface area contributed by atoms with E-state index >= 15 is 0 Å². The van der Waals surface area contributed by atoms with E-state index in [0.717, 1.165) is 25.9 Å². The molecule has 0 spiro atoms. The smallest absolute Gasteiger partial charge is 0.166 e. The van der Waals surface area contributed by atoms with Gasteiger partial charge >= 0.3 is 0 Å². The zero-order valence-electron chi connectivity index (χ0n) is 14.8. The molecule has 0 heterocycles. The van der Waals surface area contributed by atoms with Crippen LogP contribution in [0.1, 0.15) is 54.4 Å². The van der Waals surface area contributed by atoms with Crippen LogP contribution in [0.5, 0.6) is 0 Å². The summed E-state index contributed by atoms with van der Waals surface area (Å²) in [4.78, 5) is 0. The number of hydrogen-bond acceptors (Lipinski definition) is 5. The zero-order valence-corrected chi connectivity index (χ0v) is 14.8. The highest BCUT2D eigenvalue weighted by Crippen LogP contribution is 2.18. The van der Waals surface area contributed by atoms with E-state index in [0.29, 0.717) is 26.4 Å². The summed E-state index contributed by atoms with van der Waals surface area (Å²) in [6.07, 6.45) is 1.63. The number of hydrogen-bond donors (Lipinski definition) is 1. The molecule has 0 aliphatic heterocycles. The Hall–Kier alpha value is -0.200. The van der Waals surface area contributed by atoms with Gasteiger partial charge in [0.1, 0.15) is 0 Å². The van der Waals surface area contributed by atoms with Crippen LogP contribution in [-0.4, -0.2) is 51.1 Å². The minimum atomic E-state index is -0.500. The van der Waals surface area contributed by atoms with Crippen molar-refractivity contribution in [1.82, 2.24) is 5.32 Å². The van der Waals surface area contributed by atoms with Crippen LogP contribution in [0.4, 0.5) is 0 Å². The van der Waals surface area contributed by atoms with Crippen LogP contribution in [0.25, 0.3) is 0 Å². The normalized spacial score (nSPS) is 12.9. The van der Waals surface area contributed by atoms with Gasteiger partial charge in [0, 0.05) is 52.4 Å². The van der Waals surface area contributed by atoms with Crippen molar-refractivity contribution in [3.8, 4) is 0 Å². The van der Waals surface area contributed by atoms with Gasteiger partial charge in [-0.15, -0.1) is 0 Å². The molecule has 128 valence electrons. The minimum Gasteiger partial charge on any atom is -0.350 e. The molecule has 0 aliphatic carbocycles. The Kier molecular flexibility index (Phi) is 11.3. The van der Waals surface area contributed by atoms with Gasteiger partial charge in [0.2, 0.25) is 0 Å². The molecule has 0 aliphatic rings. The second-order valence-corrected chi connectivity index (χ2v) is 5.25. The first-order valence-electron chi connectivity index (χ1n) is 8.21. The van der Waals surface area contributed by atoms with Crippen molar-refractivity contribution in [3.63, 3.8) is 0 Å². The molecule has 0 amide bonds. The maximum Gasteiger partial charge on any atom is 0.166 e. The van der Waals surface area contributed by atoms with Crippen LogP contribution in [0.3, 0.4) is 0 Å². The highest BCUT2D eigenvalue weighted by Gasteiger charge is 2.26. The average Bonchev–Trinajstić information content (AvgIpc) is 2.39. The quantitative estimate of drug-likeness (QED) is 0.395. The summed E-state index contributed by atoms with van der Waals surface area (Å²) in [5.41, 5.74) is 0. The molecule has 0 saturated heterocycles. The Labute approximate surface area is 130 Å². The van der Waals surface area contributed by atoms with E-state index in [4.69, 9.17) is 18.9 Å². The van der Waals surface area contributed by atoms with E-state index in [1.165, 1.54) is 0 Å². The molecule has 0 unspecified atom stereocenters. The third kappa shape index (κ3) is 9.42. The van der Waals surface area contributed by atoms with Crippen LogP contribution in [0, 0.1) is 0 Å². The Morgan fingerprint density at radius 1 is 0.619 bits per heavy atom. The van der Waals surface area contributed by atoms with Crippen molar-refractivity contribution in [2.75, 3.05) is 39.5 Å². The number of ether oxygens (including phenoxy) is 4. The van der Waals surface area contributed by atoms with Gasteiger partial charge in [-0.05, 0) is 41.5 Å². The molecule has 0 aromatic heterocycles. The lowest BCUT2D eigenvalue weighted by atomic mass is 10.2. The molecule has 0 saturated carbocycles. The Morgan fingerprint density at radius 2 is 0.905 bits per heavy atom. The van der Waals surface area contributed by atoms with Gasteiger partial charge in [0.25, 0.3) is 0 Å². The first kappa shape index (κ1) is 20.8. The largest absolute Gasteiger partial charge is 0.350 e. The highest BCUT2D eigenvalue weighted by molar-refractivity contribution is 4.68. The van der Waals surface area contributed by atoms with Gasteiger partial charge in [-0.1, -0.05) is 0 Å². The van der Waals surface area contributed by atoms with Gasteiger partial charge in [-0.3, -0.25) is 0 Å². The summed E-state index contributed by atoms with van der Waals surface area (Å²) < 4.78 is 22.7. The zero-order chi connectivity index (χ0) is 16.2. The molecule has 1 N–H and O–H groups in total. The molecule has 21 heavy (non-hydrogen) atoms. The Morgan fingerprint density at radius 3 is 1.14 bits per heavy atom. The summed E-state index contributed by atoms with van der Waals surface area (Å²) in [5.74, 6) is -1.00. The molecule has 0 bridgehead atoms. The summed E-state index contributed by atoms with van der Waals surface area (Å²) in [6.45, 7) is 16.2. The van der Waals surface area contributed by atoms with Crippen LogP contribution in [-0.2, 0) is 18.9 Å². The van der Waals surface area contributed by atoms with Gasteiger partial charge < -0.3 is 24.3 Å². The van der Waals surface area contributed by atoms with Crippen molar-refractivity contribution in [3.05, 3.63) is 0 Å². The fraction of sp³-hybridized carbons (Fsp3) is 1.00. The van der Waals surface area contributed by atoms with E-state index in [9.17, 15) is 0 Å². The fourth-order valence-electron chi connectivity index (χ4n) is 2.35. The molecule has 0 fully saturated rings. The third-order valence-corrected chi connectivity index (χ3v) is 3.31. The topological polar surface area (TPSA) is 49.0 Å². The molecule has 5 nitrogen and oxygen atoms in total. The predicted octanol–water partition coefficient (Wildman–Crippen LogP) is 2.93. The Balaban J connectivity index is 4.01. The first-order valence-corrected chi connectivity index (χ1v) is 8.21. The van der Waals surface area contributed by atoms with Crippen molar-refractivity contribution in [2.24, 2.45) is 0 Å². The molecule has 0 radical (unpaired) electrons. The number of nitrogens with one attached hydrogen (secondary N) is 1.